The average molecular weight is 498 g/mol. The average Bonchev–Trinajstić information content (AvgIpc) is 3.37. The number of hydrogen-bond donors (Lipinski definition) is 3. The first-order chi connectivity index (χ1) is 18.0. The number of nitrogens with two attached hydrogens (primary N) is 1. The van der Waals surface area contributed by atoms with E-state index in [1.165, 1.54) is 0 Å². The molecule has 190 valence electrons. The van der Waals surface area contributed by atoms with Crippen molar-refractivity contribution in [1.82, 2.24) is 14.8 Å². The first kappa shape index (κ1) is 23.5. The lowest BCUT2D eigenvalue weighted by atomic mass is 9.89. The number of hydrogen-bond acceptors (Lipinski definition) is 5. The molecule has 6 rings (SSSR count). The quantitative estimate of drug-likeness (QED) is 0.454. The zero-order chi connectivity index (χ0) is 25.5. The number of fused-ring (bicyclic) bond motifs is 3. The molecule has 3 aromatic rings. The Bertz CT molecular complexity index is 1420. The molecule has 4 N–H and O–H groups in total. The summed E-state index contributed by atoms with van der Waals surface area (Å²) in [7, 11) is 0. The van der Waals surface area contributed by atoms with Crippen molar-refractivity contribution in [3.8, 4) is 0 Å². The Balaban J connectivity index is 1.36. The standard InChI is InChI=1S/C29H31N5O3/c30-27(35)19-11-13-33(14-12-19)17-18-10-15-34-22-9-5-4-8-21(22)24(23(34)16-18)25-26(29(37)32-28(25)36)31-20-6-2-1-3-7-20/h1-9,18-19H,10-17H2,(H2,30,35)(H2,31,32,36,37). The number of carbonyl (C=O) groups is 3. The molecule has 1 saturated heterocycles. The van der Waals surface area contributed by atoms with E-state index in [0.717, 1.165) is 79.7 Å². The molecule has 0 spiro atoms. The van der Waals surface area contributed by atoms with E-state index in [9.17, 15) is 14.4 Å². The smallest absolute Gasteiger partial charge is 0.275 e. The maximum absolute atomic E-state index is 13.2. The number of nitrogens with zero attached hydrogens (tertiary/aromatic N) is 2. The minimum atomic E-state index is -0.405. The molecule has 8 nitrogen and oxygen atoms in total. The van der Waals surface area contributed by atoms with Crippen molar-refractivity contribution in [3.05, 3.63) is 71.6 Å². The second kappa shape index (κ2) is 9.52. The molecule has 1 unspecified atom stereocenters. The molecular formula is C29H31N5O3. The molecule has 0 aliphatic carbocycles. The van der Waals surface area contributed by atoms with Crippen molar-refractivity contribution < 1.29 is 14.4 Å². The number of aryl methyl sites for hydroxylation is 1. The van der Waals surface area contributed by atoms with Crippen LogP contribution in [-0.4, -0.2) is 46.8 Å². The molecule has 3 aliphatic rings. The molecule has 1 atom stereocenters. The zero-order valence-electron chi connectivity index (χ0n) is 20.7. The van der Waals surface area contributed by atoms with Crippen LogP contribution in [-0.2, 0) is 27.3 Å². The Hall–Kier alpha value is -3.91. The van der Waals surface area contributed by atoms with Gasteiger partial charge in [0, 0.05) is 46.9 Å². The van der Waals surface area contributed by atoms with Gasteiger partial charge in [-0.3, -0.25) is 19.7 Å². The summed E-state index contributed by atoms with van der Waals surface area (Å²) >= 11 is 0. The first-order valence-corrected chi connectivity index (χ1v) is 13.0. The van der Waals surface area contributed by atoms with Gasteiger partial charge in [0.05, 0.1) is 5.57 Å². The van der Waals surface area contributed by atoms with Crippen molar-refractivity contribution in [2.24, 2.45) is 17.6 Å². The van der Waals surface area contributed by atoms with Crippen LogP contribution in [0.5, 0.6) is 0 Å². The van der Waals surface area contributed by atoms with Gasteiger partial charge in [0.2, 0.25) is 5.91 Å². The summed E-state index contributed by atoms with van der Waals surface area (Å²) in [4.78, 5) is 40.1. The third kappa shape index (κ3) is 4.31. The van der Waals surface area contributed by atoms with E-state index in [1.807, 2.05) is 48.5 Å². The van der Waals surface area contributed by atoms with E-state index in [-0.39, 0.29) is 17.7 Å². The Morgan fingerprint density at radius 2 is 1.68 bits per heavy atom. The number of carbonyl (C=O) groups excluding carboxylic acids is 3. The summed E-state index contributed by atoms with van der Waals surface area (Å²) in [6.07, 6.45) is 3.50. The van der Waals surface area contributed by atoms with Gasteiger partial charge in [0.15, 0.2) is 0 Å². The van der Waals surface area contributed by atoms with Gasteiger partial charge in [-0.25, -0.2) is 0 Å². The predicted octanol–water partition coefficient (Wildman–Crippen LogP) is 2.88. The van der Waals surface area contributed by atoms with Gasteiger partial charge < -0.3 is 20.5 Å². The van der Waals surface area contributed by atoms with Crippen molar-refractivity contribution in [2.75, 3.05) is 25.0 Å². The van der Waals surface area contributed by atoms with Crippen LogP contribution in [0.15, 0.2) is 60.3 Å². The third-order valence-corrected chi connectivity index (χ3v) is 8.05. The summed E-state index contributed by atoms with van der Waals surface area (Å²) in [5.74, 6) is -0.551. The number of para-hydroxylation sites is 2. The number of piperidine rings is 1. The fourth-order valence-electron chi connectivity index (χ4n) is 6.19. The van der Waals surface area contributed by atoms with Gasteiger partial charge in [-0.2, -0.15) is 0 Å². The number of benzene rings is 2. The lowest BCUT2D eigenvalue weighted by Gasteiger charge is -2.35. The van der Waals surface area contributed by atoms with Crippen molar-refractivity contribution in [3.63, 3.8) is 0 Å². The van der Waals surface area contributed by atoms with Crippen LogP contribution in [0.1, 0.15) is 30.5 Å². The summed E-state index contributed by atoms with van der Waals surface area (Å²) < 4.78 is 2.32. The second-order valence-electron chi connectivity index (χ2n) is 10.4. The molecule has 1 fully saturated rings. The molecular weight excluding hydrogens is 466 g/mol. The summed E-state index contributed by atoms with van der Waals surface area (Å²) in [5, 5.41) is 6.72. The Morgan fingerprint density at radius 1 is 0.946 bits per heavy atom. The Kier molecular flexibility index (Phi) is 6.04. The number of anilines is 1. The van der Waals surface area contributed by atoms with E-state index in [1.54, 1.807) is 0 Å². The van der Waals surface area contributed by atoms with Crippen LogP contribution in [0.25, 0.3) is 16.5 Å². The molecule has 0 bridgehead atoms. The number of amides is 3. The van der Waals surface area contributed by atoms with Crippen molar-refractivity contribution in [2.45, 2.75) is 32.2 Å². The van der Waals surface area contributed by atoms with Gasteiger partial charge in [-0.05, 0) is 62.9 Å². The van der Waals surface area contributed by atoms with E-state index in [2.05, 4.69) is 26.2 Å². The molecule has 4 heterocycles. The maximum Gasteiger partial charge on any atom is 0.275 e. The predicted molar refractivity (Wildman–Crippen MR) is 142 cm³/mol. The SMILES string of the molecule is NC(=O)C1CCN(CC2CCn3c(c(C4=C(Nc5ccccc5)C(=O)NC4=O)c4ccccc43)C2)CC1. The van der Waals surface area contributed by atoms with Gasteiger partial charge in [-0.15, -0.1) is 0 Å². The zero-order valence-corrected chi connectivity index (χ0v) is 20.7. The van der Waals surface area contributed by atoms with Crippen LogP contribution >= 0.6 is 0 Å². The number of primary amides is 1. The van der Waals surface area contributed by atoms with Crippen LogP contribution in [0.4, 0.5) is 5.69 Å². The van der Waals surface area contributed by atoms with E-state index >= 15 is 0 Å². The molecule has 3 amide bonds. The highest BCUT2D eigenvalue weighted by atomic mass is 16.2. The molecule has 8 heteroatoms. The highest BCUT2D eigenvalue weighted by Gasteiger charge is 2.37. The fraction of sp³-hybridized carbons (Fsp3) is 0.345. The molecule has 2 aromatic carbocycles. The monoisotopic (exact) mass is 497 g/mol. The highest BCUT2D eigenvalue weighted by Crippen LogP contribution is 2.39. The fourth-order valence-corrected chi connectivity index (χ4v) is 6.19. The third-order valence-electron chi connectivity index (χ3n) is 8.05. The number of nitrogens with one attached hydrogen (secondary N) is 2. The molecule has 3 aliphatic heterocycles. The molecule has 0 saturated carbocycles. The van der Waals surface area contributed by atoms with Gasteiger partial charge in [-0.1, -0.05) is 36.4 Å². The van der Waals surface area contributed by atoms with E-state index < -0.39 is 5.91 Å². The number of imide groups is 1. The highest BCUT2D eigenvalue weighted by molar-refractivity contribution is 6.38. The van der Waals surface area contributed by atoms with Crippen LogP contribution in [0.2, 0.25) is 0 Å². The van der Waals surface area contributed by atoms with Crippen molar-refractivity contribution >= 4 is 39.9 Å². The summed E-state index contributed by atoms with van der Waals surface area (Å²) in [6.45, 7) is 3.58. The maximum atomic E-state index is 13.2. The molecule has 37 heavy (non-hydrogen) atoms. The number of aromatic nitrogens is 1. The van der Waals surface area contributed by atoms with Gasteiger partial charge in [0.25, 0.3) is 11.8 Å². The van der Waals surface area contributed by atoms with Crippen LogP contribution < -0.4 is 16.4 Å². The molecule has 1 aromatic heterocycles. The summed E-state index contributed by atoms with van der Waals surface area (Å²) in [5.41, 5.74) is 10.0. The van der Waals surface area contributed by atoms with Crippen LogP contribution in [0, 0.1) is 11.8 Å². The Morgan fingerprint density at radius 3 is 2.43 bits per heavy atom. The van der Waals surface area contributed by atoms with E-state index in [4.69, 9.17) is 5.73 Å². The first-order valence-electron chi connectivity index (χ1n) is 13.0. The number of likely N-dealkylation sites (tertiary alicyclic amines) is 1. The Labute approximate surface area is 215 Å². The lowest BCUT2D eigenvalue weighted by Crippen LogP contribution is -2.41. The van der Waals surface area contributed by atoms with Crippen molar-refractivity contribution in [1.29, 1.82) is 0 Å². The normalized spacial score (nSPS) is 20.8. The number of rotatable bonds is 6. The lowest BCUT2D eigenvalue weighted by molar-refractivity contribution is -0.124. The second-order valence-corrected chi connectivity index (χ2v) is 10.4. The molecule has 0 radical (unpaired) electrons. The van der Waals surface area contributed by atoms with Crippen LogP contribution in [0.3, 0.4) is 0 Å². The van der Waals surface area contributed by atoms with E-state index in [0.29, 0.717) is 17.2 Å². The largest absolute Gasteiger partial charge is 0.369 e. The van der Waals surface area contributed by atoms with Gasteiger partial charge >= 0.3 is 0 Å². The summed E-state index contributed by atoms with van der Waals surface area (Å²) in [6, 6.07) is 17.6. The minimum absolute atomic E-state index is 0.0161. The topological polar surface area (TPSA) is 109 Å². The minimum Gasteiger partial charge on any atom is -0.369 e. The van der Waals surface area contributed by atoms with Gasteiger partial charge in [0.1, 0.15) is 5.70 Å².